The van der Waals surface area contributed by atoms with Crippen LogP contribution in [0.25, 0.3) is 0 Å². The molecule has 0 bridgehead atoms. The number of nitrogen functional groups attached to an aromatic ring is 1. The third-order valence-electron chi connectivity index (χ3n) is 5.17. The van der Waals surface area contributed by atoms with Gasteiger partial charge in [0.25, 0.3) is 11.8 Å². The molecule has 2 aliphatic rings. The number of ether oxygens (including phenoxy) is 1. The van der Waals surface area contributed by atoms with Gasteiger partial charge in [0.2, 0.25) is 0 Å². The molecule has 1 aromatic heterocycles. The summed E-state index contributed by atoms with van der Waals surface area (Å²) in [4.78, 5) is 47.3. The van der Waals surface area contributed by atoms with Crippen molar-refractivity contribution in [3.63, 3.8) is 0 Å². The van der Waals surface area contributed by atoms with Gasteiger partial charge in [-0.25, -0.2) is 14.8 Å². The molecule has 1 spiro atoms. The monoisotopic (exact) mass is 381 g/mol. The number of anilines is 3. The van der Waals surface area contributed by atoms with Gasteiger partial charge >= 0.3 is 5.97 Å². The van der Waals surface area contributed by atoms with E-state index in [0.29, 0.717) is 24.2 Å². The Morgan fingerprint density at radius 1 is 1.18 bits per heavy atom. The van der Waals surface area contributed by atoms with Gasteiger partial charge in [0.15, 0.2) is 18.1 Å². The summed E-state index contributed by atoms with van der Waals surface area (Å²) in [5.74, 6) is -1.59. The first-order valence-electron chi connectivity index (χ1n) is 9.00. The molecule has 0 unspecified atom stereocenters. The maximum absolute atomic E-state index is 13.1. The first kappa shape index (κ1) is 17.9. The van der Waals surface area contributed by atoms with E-state index in [-0.39, 0.29) is 17.4 Å². The van der Waals surface area contributed by atoms with E-state index in [0.717, 1.165) is 12.8 Å². The summed E-state index contributed by atoms with van der Waals surface area (Å²) in [5, 5.41) is 2.90. The number of carbonyl (C=O) groups excluding carboxylic acids is 3. The highest BCUT2D eigenvalue weighted by molar-refractivity contribution is 6.15. The molecule has 0 radical (unpaired) electrons. The Labute approximate surface area is 160 Å². The molecule has 0 atom stereocenters. The van der Waals surface area contributed by atoms with Crippen LogP contribution >= 0.6 is 0 Å². The normalized spacial score (nSPS) is 17.1. The number of para-hydroxylation sites is 2. The van der Waals surface area contributed by atoms with E-state index in [9.17, 15) is 14.4 Å². The van der Waals surface area contributed by atoms with Gasteiger partial charge in [0, 0.05) is 12.4 Å². The molecule has 2 heterocycles. The molecular weight excluding hydrogens is 362 g/mol. The Balaban J connectivity index is 1.60. The topological polar surface area (TPSA) is 128 Å². The van der Waals surface area contributed by atoms with Crippen molar-refractivity contribution in [3.05, 3.63) is 42.4 Å². The van der Waals surface area contributed by atoms with Crippen molar-refractivity contribution >= 4 is 35.0 Å². The van der Waals surface area contributed by atoms with Crippen LogP contribution in [0.2, 0.25) is 0 Å². The van der Waals surface area contributed by atoms with E-state index < -0.39 is 24.0 Å². The molecule has 144 valence electrons. The highest BCUT2D eigenvalue weighted by Crippen LogP contribution is 2.45. The van der Waals surface area contributed by atoms with Crippen molar-refractivity contribution < 1.29 is 19.1 Å². The Morgan fingerprint density at radius 3 is 2.64 bits per heavy atom. The fourth-order valence-corrected chi connectivity index (χ4v) is 3.89. The van der Waals surface area contributed by atoms with Crippen molar-refractivity contribution in [1.29, 1.82) is 0 Å². The molecule has 1 aliphatic heterocycles. The molecule has 9 nitrogen and oxygen atoms in total. The number of rotatable bonds is 3. The molecule has 9 heteroatoms. The summed E-state index contributed by atoms with van der Waals surface area (Å²) in [7, 11) is 0. The Hall–Kier alpha value is -3.49. The second kappa shape index (κ2) is 6.91. The van der Waals surface area contributed by atoms with Crippen LogP contribution in [0.15, 0.2) is 36.7 Å². The van der Waals surface area contributed by atoms with E-state index >= 15 is 0 Å². The van der Waals surface area contributed by atoms with Crippen molar-refractivity contribution in [1.82, 2.24) is 9.97 Å². The SMILES string of the molecule is Nc1nccnc1C(=O)OCC(=O)N1c2ccccc2NC(=O)C12CCCC2. The van der Waals surface area contributed by atoms with Gasteiger partial charge in [0.1, 0.15) is 5.54 Å². The number of amides is 2. The Morgan fingerprint density at radius 2 is 1.89 bits per heavy atom. The van der Waals surface area contributed by atoms with Crippen LogP contribution in [0.4, 0.5) is 17.2 Å². The lowest BCUT2D eigenvalue weighted by Crippen LogP contribution is -2.61. The number of nitrogens with zero attached hydrogens (tertiary/aromatic N) is 3. The largest absolute Gasteiger partial charge is 0.451 e. The average molecular weight is 381 g/mol. The first-order chi connectivity index (χ1) is 13.5. The number of nitrogens with one attached hydrogen (secondary N) is 1. The molecular formula is C19H19N5O4. The minimum absolute atomic E-state index is 0.0742. The quantitative estimate of drug-likeness (QED) is 0.771. The number of nitrogens with two attached hydrogens (primary N) is 1. The summed E-state index contributed by atoms with van der Waals surface area (Å²) in [6.45, 7) is -0.530. The second-order valence-electron chi connectivity index (χ2n) is 6.81. The molecule has 28 heavy (non-hydrogen) atoms. The lowest BCUT2D eigenvalue weighted by molar-refractivity contribution is -0.129. The van der Waals surface area contributed by atoms with Gasteiger partial charge in [-0.05, 0) is 25.0 Å². The van der Waals surface area contributed by atoms with Crippen molar-refractivity contribution in [2.24, 2.45) is 0 Å². The standard InChI is InChI=1S/C19H19N5O4/c20-16-15(21-9-10-22-16)17(26)28-11-14(25)24-13-6-2-1-5-12(13)23-18(27)19(24)7-3-4-8-19/h1-2,5-6,9-10H,3-4,7-8,11H2,(H2,20,22)(H,23,27). The van der Waals surface area contributed by atoms with E-state index in [4.69, 9.17) is 10.5 Å². The zero-order chi connectivity index (χ0) is 19.7. The number of esters is 1. The van der Waals surface area contributed by atoms with Crippen LogP contribution in [0, 0.1) is 0 Å². The number of aromatic nitrogens is 2. The molecule has 2 aromatic rings. The number of hydrogen-bond donors (Lipinski definition) is 2. The van der Waals surface area contributed by atoms with Crippen molar-refractivity contribution in [2.45, 2.75) is 31.2 Å². The van der Waals surface area contributed by atoms with E-state index in [1.54, 1.807) is 24.3 Å². The third-order valence-corrected chi connectivity index (χ3v) is 5.17. The van der Waals surface area contributed by atoms with Crippen LogP contribution in [0.5, 0.6) is 0 Å². The molecule has 1 saturated carbocycles. The Kier molecular flexibility index (Phi) is 4.42. The maximum Gasteiger partial charge on any atom is 0.361 e. The molecule has 4 rings (SSSR count). The summed E-state index contributed by atoms with van der Waals surface area (Å²) < 4.78 is 5.13. The van der Waals surface area contributed by atoms with Gasteiger partial charge in [-0.15, -0.1) is 0 Å². The van der Waals surface area contributed by atoms with Crippen LogP contribution in [-0.4, -0.2) is 39.9 Å². The smallest absolute Gasteiger partial charge is 0.361 e. The Bertz CT molecular complexity index is 955. The van der Waals surface area contributed by atoms with Gasteiger partial charge in [-0.2, -0.15) is 0 Å². The zero-order valence-corrected chi connectivity index (χ0v) is 15.1. The lowest BCUT2D eigenvalue weighted by Gasteiger charge is -2.44. The number of benzene rings is 1. The number of hydrogen-bond acceptors (Lipinski definition) is 7. The van der Waals surface area contributed by atoms with Crippen LogP contribution in [0.1, 0.15) is 36.2 Å². The van der Waals surface area contributed by atoms with E-state index in [1.807, 2.05) is 0 Å². The van der Waals surface area contributed by atoms with Crippen molar-refractivity contribution in [2.75, 3.05) is 22.6 Å². The highest BCUT2D eigenvalue weighted by Gasteiger charge is 2.52. The fraction of sp³-hybridized carbons (Fsp3) is 0.316. The van der Waals surface area contributed by atoms with Crippen LogP contribution in [0.3, 0.4) is 0 Å². The summed E-state index contributed by atoms with van der Waals surface area (Å²) in [5.41, 5.74) is 5.68. The lowest BCUT2D eigenvalue weighted by atomic mass is 9.90. The van der Waals surface area contributed by atoms with E-state index in [1.165, 1.54) is 17.3 Å². The van der Waals surface area contributed by atoms with Crippen molar-refractivity contribution in [3.8, 4) is 0 Å². The average Bonchev–Trinajstić information content (AvgIpc) is 3.18. The molecule has 2 amide bonds. The number of fused-ring (bicyclic) bond motifs is 1. The maximum atomic E-state index is 13.1. The van der Waals surface area contributed by atoms with Gasteiger partial charge in [0.05, 0.1) is 11.4 Å². The summed E-state index contributed by atoms with van der Waals surface area (Å²) >= 11 is 0. The number of carbonyl (C=O) groups is 3. The van der Waals surface area contributed by atoms with Crippen LogP contribution in [-0.2, 0) is 14.3 Å². The first-order valence-corrected chi connectivity index (χ1v) is 9.00. The van der Waals surface area contributed by atoms with Gasteiger partial charge in [-0.1, -0.05) is 25.0 Å². The molecule has 1 aromatic carbocycles. The zero-order valence-electron chi connectivity index (χ0n) is 15.1. The molecule has 1 aliphatic carbocycles. The fourth-order valence-electron chi connectivity index (χ4n) is 3.89. The van der Waals surface area contributed by atoms with Gasteiger partial charge < -0.3 is 15.8 Å². The summed E-state index contributed by atoms with van der Waals surface area (Å²) in [6, 6.07) is 7.09. The van der Waals surface area contributed by atoms with Crippen LogP contribution < -0.4 is 16.0 Å². The second-order valence-corrected chi connectivity index (χ2v) is 6.81. The minimum atomic E-state index is -0.955. The molecule has 3 N–H and O–H groups in total. The minimum Gasteiger partial charge on any atom is -0.451 e. The molecule has 0 saturated heterocycles. The van der Waals surface area contributed by atoms with E-state index in [2.05, 4.69) is 15.3 Å². The predicted molar refractivity (Wildman–Crippen MR) is 100 cm³/mol. The highest BCUT2D eigenvalue weighted by atomic mass is 16.5. The summed E-state index contributed by atoms with van der Waals surface area (Å²) in [6.07, 6.45) is 5.47. The van der Waals surface area contributed by atoms with Gasteiger partial charge in [-0.3, -0.25) is 14.5 Å². The molecule has 1 fully saturated rings. The third kappa shape index (κ3) is 2.84. The predicted octanol–water partition coefficient (Wildman–Crippen LogP) is 1.51.